The molecule has 3 aromatic heterocycles. The van der Waals surface area contributed by atoms with Crippen LogP contribution in [0.15, 0.2) is 322 Å². The lowest BCUT2D eigenvalue weighted by Crippen LogP contribution is -2.61. The molecule has 6 heteroatoms. The highest BCUT2D eigenvalue weighted by molar-refractivity contribution is 7.00. The second-order valence-electron chi connectivity index (χ2n) is 37.7. The first kappa shape index (κ1) is 72.3. The van der Waals surface area contributed by atoms with Crippen LogP contribution in [0.25, 0.3) is 127 Å². The van der Waals surface area contributed by atoms with Gasteiger partial charge in [0.1, 0.15) is 0 Å². The summed E-state index contributed by atoms with van der Waals surface area (Å²) in [5, 5.41) is 7.29. The molecule has 0 N–H and O–H groups in total. The number of para-hydroxylation sites is 7. The van der Waals surface area contributed by atoms with Crippen molar-refractivity contribution >= 4 is 123 Å². The van der Waals surface area contributed by atoms with Crippen molar-refractivity contribution in [3.05, 3.63) is 349 Å². The number of hydrogen-bond donors (Lipinski definition) is 0. The zero-order valence-corrected chi connectivity index (χ0v) is 69.4. The van der Waals surface area contributed by atoms with Gasteiger partial charge in [0.25, 0.3) is 6.71 Å². The summed E-state index contributed by atoms with van der Waals surface area (Å²) in [7, 11) is 0. The molecule has 0 fully saturated rings. The standard InChI is InChI=1S/C110H98BN5/c1-106(2,3)73-51-43-69(44-52-73)81-35-27-36-82(70-45-53-74(54-46-70)107(4,5)6)102(81)115-97-67-79(112-93-39-23-19-31-85(93)86-32-20-24-40-94(86)112)59-63-91(97)111-92-64-60-80(114-96-42-26-22-34-88(96)90-62-61-89-87-33-21-25-41-95(87)113(104(89)105(90)114)78-29-17-16-18-30-78)68-98(92)116(100-66-77(110(13,14)15)65-99(115)101(100)111)103-83(71-47-55-75(56-48-71)108(7,8)9)37-28-38-84(103)72-49-57-76(58-50-72)109(10,11)12/h16-68H,1-15H3. The van der Waals surface area contributed by atoms with Crippen molar-refractivity contribution in [1.29, 1.82) is 0 Å². The maximum absolute atomic E-state index is 2.76. The van der Waals surface area contributed by atoms with E-state index in [1.165, 1.54) is 98.6 Å². The molecule has 0 aliphatic carbocycles. The first-order valence-electron chi connectivity index (χ1n) is 41.5. The number of hydrogen-bond acceptors (Lipinski definition) is 2. The van der Waals surface area contributed by atoms with Crippen molar-refractivity contribution in [2.75, 3.05) is 9.80 Å². The van der Waals surface area contributed by atoms with Crippen molar-refractivity contribution < 1.29 is 0 Å². The average molecular weight is 1500 g/mol. The normalized spacial score (nSPS) is 13.2. The van der Waals surface area contributed by atoms with Crippen LogP contribution in [-0.4, -0.2) is 20.4 Å². The highest BCUT2D eigenvalue weighted by Gasteiger charge is 2.47. The van der Waals surface area contributed by atoms with Crippen LogP contribution in [0, 0.1) is 0 Å². The smallest absolute Gasteiger partial charge is 0.252 e. The first-order valence-corrected chi connectivity index (χ1v) is 41.5. The van der Waals surface area contributed by atoms with Crippen molar-refractivity contribution in [2.24, 2.45) is 0 Å². The van der Waals surface area contributed by atoms with Crippen LogP contribution in [0.1, 0.15) is 132 Å². The zero-order valence-electron chi connectivity index (χ0n) is 69.4. The van der Waals surface area contributed by atoms with Crippen LogP contribution in [0.4, 0.5) is 34.1 Å². The van der Waals surface area contributed by atoms with Crippen LogP contribution < -0.4 is 26.2 Å². The van der Waals surface area contributed by atoms with Crippen molar-refractivity contribution in [1.82, 2.24) is 13.7 Å². The predicted molar refractivity (Wildman–Crippen MR) is 499 cm³/mol. The van der Waals surface area contributed by atoms with E-state index in [9.17, 15) is 0 Å². The van der Waals surface area contributed by atoms with Gasteiger partial charge in [0.15, 0.2) is 0 Å². The molecule has 5 nitrogen and oxygen atoms in total. The predicted octanol–water partition coefficient (Wildman–Crippen LogP) is 28.2. The minimum Gasteiger partial charge on any atom is -0.310 e. The number of rotatable bonds is 9. The molecule has 20 rings (SSSR count). The van der Waals surface area contributed by atoms with Gasteiger partial charge in [-0.15, -0.1) is 0 Å². The summed E-state index contributed by atoms with van der Waals surface area (Å²) in [4.78, 5) is 5.50. The summed E-state index contributed by atoms with van der Waals surface area (Å²) in [5.74, 6) is 0. The fraction of sp³-hybridized carbons (Fsp3) is 0.182. The lowest BCUT2D eigenvalue weighted by Gasteiger charge is -2.46. The molecular weight excluding hydrogens is 1400 g/mol. The number of benzene rings is 15. The Hall–Kier alpha value is -12.6. The molecule has 0 radical (unpaired) electrons. The maximum atomic E-state index is 2.76. The Morgan fingerprint density at radius 1 is 0.216 bits per heavy atom. The summed E-state index contributed by atoms with van der Waals surface area (Å²) in [5.41, 5.74) is 35.8. The number of anilines is 6. The van der Waals surface area contributed by atoms with E-state index in [1.54, 1.807) is 0 Å². The SMILES string of the molecule is CC(C)(C)c1ccc(-c2cccc(-c3ccc(C(C)(C)C)cc3)c2N2c3cc(-n4c5ccccc5c5ccccc54)ccc3B3c4ccc(-n5c6ccccc6c6ccc7c8ccccc8n(-c8ccccc8)c7c65)cc4N(c4c(-c5ccc(C(C)(C)C)cc5)cccc4-c4ccc(C(C)(C)C)cc4)c4cc(C(C)(C)C)cc2c43)cc1. The lowest BCUT2D eigenvalue weighted by atomic mass is 9.33. The molecule has 2 aliphatic rings. The fourth-order valence-electron chi connectivity index (χ4n) is 19.1. The lowest BCUT2D eigenvalue weighted by molar-refractivity contribution is 0.590. The molecule has 2 aliphatic heterocycles. The van der Waals surface area contributed by atoms with E-state index >= 15 is 0 Å². The van der Waals surface area contributed by atoms with E-state index in [0.717, 1.165) is 107 Å². The number of nitrogens with zero attached hydrogens (tertiary/aromatic N) is 5. The molecule has 0 bridgehead atoms. The van der Waals surface area contributed by atoms with Gasteiger partial charge in [-0.3, -0.25) is 0 Å². The second-order valence-corrected chi connectivity index (χ2v) is 37.7. The van der Waals surface area contributed by atoms with Crippen LogP contribution in [-0.2, 0) is 27.1 Å². The van der Waals surface area contributed by atoms with Gasteiger partial charge in [-0.1, -0.05) is 353 Å². The number of aromatic nitrogens is 3. The monoisotopic (exact) mass is 1500 g/mol. The Morgan fingerprint density at radius 2 is 0.509 bits per heavy atom. The second kappa shape index (κ2) is 26.5. The van der Waals surface area contributed by atoms with Crippen LogP contribution in [0.3, 0.4) is 0 Å². The molecular formula is C110H98BN5. The van der Waals surface area contributed by atoms with Gasteiger partial charge >= 0.3 is 0 Å². The van der Waals surface area contributed by atoms with E-state index in [4.69, 9.17) is 0 Å². The Labute approximate surface area is 683 Å². The third-order valence-corrected chi connectivity index (χ3v) is 25.3. The van der Waals surface area contributed by atoms with Crippen LogP contribution in [0.5, 0.6) is 0 Å². The van der Waals surface area contributed by atoms with E-state index in [1.807, 2.05) is 0 Å². The van der Waals surface area contributed by atoms with Crippen molar-refractivity contribution in [2.45, 2.75) is 131 Å². The molecule has 0 atom stereocenters. The van der Waals surface area contributed by atoms with Crippen LogP contribution >= 0.6 is 0 Å². The van der Waals surface area contributed by atoms with Gasteiger partial charge < -0.3 is 23.5 Å². The van der Waals surface area contributed by atoms with Crippen LogP contribution in [0.2, 0.25) is 0 Å². The molecule has 0 saturated carbocycles. The minimum absolute atomic E-state index is 0.0543. The maximum Gasteiger partial charge on any atom is 0.252 e. The van der Waals surface area contributed by atoms with Gasteiger partial charge in [0.2, 0.25) is 0 Å². The number of fused-ring (bicyclic) bond motifs is 14. The summed E-state index contributed by atoms with van der Waals surface area (Å²) < 4.78 is 7.64. The molecule has 18 aromatic rings. The molecule has 116 heavy (non-hydrogen) atoms. The molecule has 0 amide bonds. The molecule has 15 aromatic carbocycles. The van der Waals surface area contributed by atoms with Gasteiger partial charge in [0.05, 0.1) is 44.5 Å². The van der Waals surface area contributed by atoms with Crippen molar-refractivity contribution in [3.63, 3.8) is 0 Å². The van der Waals surface area contributed by atoms with Gasteiger partial charge in [-0.2, -0.15) is 0 Å². The van der Waals surface area contributed by atoms with Gasteiger partial charge in [-0.05, 0) is 166 Å². The molecule has 0 spiro atoms. The van der Waals surface area contributed by atoms with Gasteiger partial charge in [-0.25, -0.2) is 0 Å². The van der Waals surface area contributed by atoms with E-state index in [-0.39, 0.29) is 33.8 Å². The molecule has 0 saturated heterocycles. The van der Waals surface area contributed by atoms with E-state index in [0.29, 0.717) is 0 Å². The molecule has 566 valence electrons. The molecule has 5 heterocycles. The summed E-state index contributed by atoms with van der Waals surface area (Å²) in [6.45, 7) is 34.8. The quantitative estimate of drug-likeness (QED) is 0.134. The summed E-state index contributed by atoms with van der Waals surface area (Å²) >= 11 is 0. The average Bonchev–Trinajstić information content (AvgIpc) is 0.748. The third-order valence-electron chi connectivity index (χ3n) is 25.3. The largest absolute Gasteiger partial charge is 0.310 e. The summed E-state index contributed by atoms with van der Waals surface area (Å²) in [6, 6.07) is 124. The Balaban J connectivity index is 0.960. The Morgan fingerprint density at radius 3 is 0.845 bits per heavy atom. The molecule has 0 unspecified atom stereocenters. The van der Waals surface area contributed by atoms with E-state index < -0.39 is 0 Å². The fourth-order valence-corrected chi connectivity index (χ4v) is 19.1. The van der Waals surface area contributed by atoms with Crippen molar-refractivity contribution in [3.8, 4) is 61.6 Å². The van der Waals surface area contributed by atoms with E-state index in [2.05, 4.69) is 449 Å². The summed E-state index contributed by atoms with van der Waals surface area (Å²) in [6.07, 6.45) is 0. The topological polar surface area (TPSA) is 21.3 Å². The Kier molecular flexibility index (Phi) is 16.5. The van der Waals surface area contributed by atoms with Gasteiger partial charge in [0, 0.05) is 94.4 Å². The third kappa shape index (κ3) is 11.6. The highest BCUT2D eigenvalue weighted by atomic mass is 15.2. The minimum atomic E-state index is -0.362. The zero-order chi connectivity index (χ0) is 79.8. The Bertz CT molecular complexity index is 6790. The first-order chi connectivity index (χ1) is 55.7. The highest BCUT2D eigenvalue weighted by Crippen LogP contribution is 2.56.